The number of nitrogens with zero attached hydrogens (tertiary/aromatic N) is 4. The first-order chi connectivity index (χ1) is 20.2. The zero-order chi connectivity index (χ0) is 27.6. The normalized spacial score (nSPS) is 16.7. The van der Waals surface area contributed by atoms with Gasteiger partial charge in [-0.05, 0) is 36.4 Å². The first-order valence-corrected chi connectivity index (χ1v) is 15.4. The van der Waals surface area contributed by atoms with Crippen molar-refractivity contribution in [2.45, 2.75) is 26.1 Å². The number of hydrogen-bond acceptors (Lipinski definition) is 10. The Morgan fingerprint density at radius 1 is 0.854 bits per heavy atom. The van der Waals surface area contributed by atoms with Crippen molar-refractivity contribution in [3.63, 3.8) is 0 Å². The average molecular weight is 587 g/mol. The Morgan fingerprint density at radius 2 is 1.66 bits per heavy atom. The highest BCUT2D eigenvalue weighted by molar-refractivity contribution is 8.05. The van der Waals surface area contributed by atoms with Gasteiger partial charge in [0, 0.05) is 75.0 Å². The van der Waals surface area contributed by atoms with Gasteiger partial charge in [-0.25, -0.2) is 9.97 Å². The van der Waals surface area contributed by atoms with Crippen LogP contribution in [-0.4, -0.2) is 67.6 Å². The summed E-state index contributed by atoms with van der Waals surface area (Å²) >= 11 is 3.51. The van der Waals surface area contributed by atoms with E-state index in [2.05, 4.69) is 67.5 Å². The molecule has 0 atom stereocenters. The molecule has 2 N–H and O–H groups in total. The number of morpholine rings is 2. The van der Waals surface area contributed by atoms with Gasteiger partial charge in [0.2, 0.25) is 11.5 Å². The fraction of sp³-hybridized carbons (Fsp3) is 0.300. The summed E-state index contributed by atoms with van der Waals surface area (Å²) in [5.41, 5.74) is 4.73. The Morgan fingerprint density at radius 3 is 2.49 bits per heavy atom. The number of H-pyrrole nitrogens is 1. The van der Waals surface area contributed by atoms with Crippen LogP contribution in [0.5, 0.6) is 0 Å². The molecule has 3 aliphatic heterocycles. The summed E-state index contributed by atoms with van der Waals surface area (Å²) in [6, 6.07) is 18.5. The van der Waals surface area contributed by atoms with Crippen LogP contribution in [0.2, 0.25) is 0 Å². The van der Waals surface area contributed by atoms with Crippen molar-refractivity contribution >= 4 is 40.8 Å². The molecule has 2 saturated heterocycles. The first kappa shape index (κ1) is 26.4. The maximum atomic E-state index is 12.6. The van der Waals surface area contributed by atoms with Crippen LogP contribution in [0.25, 0.3) is 11.3 Å². The molecule has 0 saturated carbocycles. The molecule has 9 nitrogen and oxygen atoms in total. The second-order valence-corrected chi connectivity index (χ2v) is 12.2. The van der Waals surface area contributed by atoms with Crippen LogP contribution in [0.4, 0.5) is 17.3 Å². The first-order valence-electron chi connectivity index (χ1n) is 13.8. The fourth-order valence-corrected chi connectivity index (χ4v) is 7.61. The minimum Gasteiger partial charge on any atom is -0.379 e. The van der Waals surface area contributed by atoms with Gasteiger partial charge in [0.1, 0.15) is 0 Å². The number of pyridine rings is 1. The molecule has 0 amide bonds. The molecule has 0 bridgehead atoms. The van der Waals surface area contributed by atoms with Gasteiger partial charge >= 0.3 is 0 Å². The van der Waals surface area contributed by atoms with E-state index in [0.29, 0.717) is 33.0 Å². The van der Waals surface area contributed by atoms with Gasteiger partial charge in [0.25, 0.3) is 0 Å². The lowest BCUT2D eigenvalue weighted by Gasteiger charge is -2.29. The van der Waals surface area contributed by atoms with Crippen molar-refractivity contribution in [1.82, 2.24) is 15.0 Å². The number of rotatable bonds is 6. The lowest BCUT2D eigenvalue weighted by molar-refractivity contribution is 0.122. The van der Waals surface area contributed by atoms with Crippen LogP contribution in [0, 0.1) is 0 Å². The SMILES string of the molecule is O=c1cc(N2CCOCC2)cc(-c2cccc3c2Sc2ccc(NCc4ccnc(N5CCOCC5)n4)cc2S3)[nH]1. The molecule has 2 fully saturated rings. The predicted molar refractivity (Wildman–Crippen MR) is 163 cm³/mol. The summed E-state index contributed by atoms with van der Waals surface area (Å²) in [4.78, 5) is 34.1. The molecule has 3 aliphatic rings. The monoisotopic (exact) mass is 586 g/mol. The molecule has 0 spiro atoms. The number of hydrogen-bond donors (Lipinski definition) is 2. The van der Waals surface area contributed by atoms with Crippen LogP contribution in [-0.2, 0) is 16.0 Å². The molecule has 0 unspecified atom stereocenters. The lowest BCUT2D eigenvalue weighted by atomic mass is 10.1. The van der Waals surface area contributed by atoms with E-state index in [1.165, 1.54) is 14.7 Å². The molecule has 0 aliphatic carbocycles. The summed E-state index contributed by atoms with van der Waals surface area (Å²) in [7, 11) is 0. The zero-order valence-electron chi connectivity index (χ0n) is 22.5. The quantitative estimate of drug-likeness (QED) is 0.291. The van der Waals surface area contributed by atoms with E-state index in [1.807, 2.05) is 12.3 Å². The van der Waals surface area contributed by atoms with Crippen molar-refractivity contribution in [3.05, 3.63) is 76.8 Å². The van der Waals surface area contributed by atoms with Crippen molar-refractivity contribution in [3.8, 4) is 11.3 Å². The summed E-state index contributed by atoms with van der Waals surface area (Å²) in [6.07, 6.45) is 1.83. The topological polar surface area (TPSA) is 95.6 Å². The van der Waals surface area contributed by atoms with E-state index in [1.54, 1.807) is 29.6 Å². The van der Waals surface area contributed by atoms with Crippen molar-refractivity contribution < 1.29 is 9.47 Å². The van der Waals surface area contributed by atoms with Crippen LogP contribution >= 0.6 is 23.5 Å². The summed E-state index contributed by atoms with van der Waals surface area (Å²) < 4.78 is 11.0. The second kappa shape index (κ2) is 11.8. The third-order valence-corrected chi connectivity index (χ3v) is 9.91. The van der Waals surface area contributed by atoms with Gasteiger partial charge in [-0.3, -0.25) is 4.79 Å². The van der Waals surface area contributed by atoms with Gasteiger partial charge in [0.15, 0.2) is 0 Å². The predicted octanol–water partition coefficient (Wildman–Crippen LogP) is 4.73. The zero-order valence-corrected chi connectivity index (χ0v) is 24.1. The Bertz CT molecular complexity index is 1620. The average Bonchev–Trinajstić information content (AvgIpc) is 3.03. The number of benzene rings is 2. The van der Waals surface area contributed by atoms with Crippen molar-refractivity contribution in [2.24, 2.45) is 0 Å². The molecule has 5 heterocycles. The van der Waals surface area contributed by atoms with Crippen LogP contribution in [0.3, 0.4) is 0 Å². The molecule has 0 radical (unpaired) electrons. The third kappa shape index (κ3) is 5.80. The third-order valence-electron chi connectivity index (χ3n) is 7.32. The van der Waals surface area contributed by atoms with Gasteiger partial charge in [-0.1, -0.05) is 35.7 Å². The fourth-order valence-electron chi connectivity index (χ4n) is 5.19. The molecular weight excluding hydrogens is 557 g/mol. The van der Waals surface area contributed by atoms with E-state index in [0.717, 1.165) is 65.3 Å². The molecule has 2 aromatic carbocycles. The summed E-state index contributed by atoms with van der Waals surface area (Å²) in [5.74, 6) is 0.759. The Kier molecular flexibility index (Phi) is 7.58. The van der Waals surface area contributed by atoms with Gasteiger partial charge < -0.3 is 29.6 Å². The Hall–Kier alpha value is -3.51. The number of nitrogens with one attached hydrogen (secondary N) is 2. The number of ether oxygens (including phenoxy) is 2. The maximum absolute atomic E-state index is 12.6. The van der Waals surface area contributed by atoms with Gasteiger partial charge in [0.05, 0.1) is 44.4 Å². The summed E-state index contributed by atoms with van der Waals surface area (Å²) in [5, 5.41) is 3.54. The second-order valence-electron chi connectivity index (χ2n) is 10.0. The number of fused-ring (bicyclic) bond motifs is 2. The van der Waals surface area contributed by atoms with Gasteiger partial charge in [-0.15, -0.1) is 0 Å². The largest absolute Gasteiger partial charge is 0.379 e. The molecule has 2 aromatic heterocycles. The van der Waals surface area contributed by atoms with Gasteiger partial charge in [-0.2, -0.15) is 0 Å². The van der Waals surface area contributed by atoms with E-state index in [-0.39, 0.29) is 5.56 Å². The minimum absolute atomic E-state index is 0.0908. The number of anilines is 3. The highest BCUT2D eigenvalue weighted by Gasteiger charge is 2.22. The van der Waals surface area contributed by atoms with Crippen LogP contribution in [0.15, 0.2) is 85.2 Å². The maximum Gasteiger partial charge on any atom is 0.250 e. The molecule has 41 heavy (non-hydrogen) atoms. The Labute approximate surface area is 246 Å². The smallest absolute Gasteiger partial charge is 0.250 e. The van der Waals surface area contributed by atoms with E-state index >= 15 is 0 Å². The standard InChI is InChI=1S/C30H30N6O3S2/c37-28-18-22(35-8-12-38-13-9-35)17-24(34-28)23-2-1-3-26-29(23)41-25-5-4-20(16-27(25)40-26)32-19-21-6-7-31-30(33-21)36-10-14-39-15-11-36/h1-7,16-18,32H,8-15,19H2,(H,34,37). The van der Waals surface area contributed by atoms with E-state index in [4.69, 9.17) is 14.5 Å². The Balaban J connectivity index is 1.09. The number of aromatic amines is 1. The molecule has 4 aromatic rings. The molecule has 11 heteroatoms. The molecule has 210 valence electrons. The van der Waals surface area contributed by atoms with Crippen LogP contribution in [0.1, 0.15) is 5.69 Å². The minimum atomic E-state index is -0.0908. The highest BCUT2D eigenvalue weighted by atomic mass is 32.2. The van der Waals surface area contributed by atoms with Crippen molar-refractivity contribution in [2.75, 3.05) is 67.7 Å². The highest BCUT2D eigenvalue weighted by Crippen LogP contribution is 2.52. The lowest BCUT2D eigenvalue weighted by Crippen LogP contribution is -2.37. The number of aromatic nitrogens is 3. The van der Waals surface area contributed by atoms with E-state index < -0.39 is 0 Å². The summed E-state index contributed by atoms with van der Waals surface area (Å²) in [6.45, 7) is 6.59. The molecule has 7 rings (SSSR count). The van der Waals surface area contributed by atoms with Crippen LogP contribution < -0.4 is 20.7 Å². The van der Waals surface area contributed by atoms with Crippen molar-refractivity contribution in [1.29, 1.82) is 0 Å². The van der Waals surface area contributed by atoms with E-state index in [9.17, 15) is 4.79 Å². The molecular formula is C30H30N6O3S2.